The molecule has 2 aromatic rings. The highest BCUT2D eigenvalue weighted by atomic mass is 79.9. The third-order valence-electron chi connectivity index (χ3n) is 4.53. The third-order valence-corrected chi connectivity index (χ3v) is 5.02. The van der Waals surface area contributed by atoms with Crippen LogP contribution in [0.2, 0.25) is 0 Å². The monoisotopic (exact) mass is 362 g/mol. The number of benzene rings is 1. The molecule has 1 aliphatic rings. The predicted molar refractivity (Wildman–Crippen MR) is 94.3 cm³/mol. The van der Waals surface area contributed by atoms with Gasteiger partial charge in [-0.05, 0) is 44.7 Å². The molecule has 2 heterocycles. The first kappa shape index (κ1) is 15.6. The number of amides is 1. The fraction of sp³-hybridized carbons (Fsp3) is 0.500. The molecule has 1 atom stereocenters. The molecule has 1 aromatic heterocycles. The molecule has 0 saturated carbocycles. The number of hydrogen-bond donors (Lipinski definition) is 0. The van der Waals surface area contributed by atoms with Crippen molar-refractivity contribution in [1.29, 1.82) is 0 Å². The molecule has 1 aliphatic heterocycles. The van der Waals surface area contributed by atoms with Crippen LogP contribution in [0, 0.1) is 5.92 Å². The third kappa shape index (κ3) is 2.81. The summed E-state index contributed by atoms with van der Waals surface area (Å²) in [6.07, 6.45) is 4.37. The number of hydrogen-bond acceptors (Lipinski definition) is 1. The van der Waals surface area contributed by atoms with Crippen molar-refractivity contribution in [3.8, 4) is 0 Å². The Labute approximate surface area is 140 Å². The molecule has 3 nitrogen and oxygen atoms in total. The Kier molecular flexibility index (Phi) is 4.31. The normalized spacial score (nSPS) is 19.1. The van der Waals surface area contributed by atoms with Gasteiger partial charge in [0.25, 0.3) is 5.91 Å². The topological polar surface area (TPSA) is 25.2 Å². The zero-order valence-electron chi connectivity index (χ0n) is 13.5. The highest BCUT2D eigenvalue weighted by Gasteiger charge is 2.25. The van der Waals surface area contributed by atoms with E-state index < -0.39 is 0 Å². The quantitative estimate of drug-likeness (QED) is 0.748. The molecule has 1 amide bonds. The number of carbonyl (C=O) groups is 1. The van der Waals surface area contributed by atoms with Gasteiger partial charge in [-0.15, -0.1) is 0 Å². The second kappa shape index (κ2) is 6.07. The summed E-state index contributed by atoms with van der Waals surface area (Å²) in [4.78, 5) is 15.0. The number of piperidine rings is 1. The molecule has 3 rings (SSSR count). The first-order valence-corrected chi connectivity index (χ1v) is 8.86. The minimum absolute atomic E-state index is 0.179. The zero-order chi connectivity index (χ0) is 15.9. The van der Waals surface area contributed by atoms with Gasteiger partial charge in [-0.25, -0.2) is 0 Å². The molecule has 0 spiro atoms. The van der Waals surface area contributed by atoms with Crippen LogP contribution in [-0.4, -0.2) is 28.5 Å². The number of aromatic nitrogens is 1. The van der Waals surface area contributed by atoms with E-state index in [2.05, 4.69) is 53.4 Å². The van der Waals surface area contributed by atoms with E-state index in [-0.39, 0.29) is 5.91 Å². The highest BCUT2D eigenvalue weighted by molar-refractivity contribution is 9.10. The molecule has 118 valence electrons. The summed E-state index contributed by atoms with van der Waals surface area (Å²) in [6.45, 7) is 8.29. The molecule has 4 heteroatoms. The molecule has 22 heavy (non-hydrogen) atoms. The fourth-order valence-electron chi connectivity index (χ4n) is 3.37. The SMILES string of the molecule is CC1CCCN(C(=O)c2cn(C(C)C)c3cc(Br)ccc23)C1. The summed E-state index contributed by atoms with van der Waals surface area (Å²) in [5.41, 5.74) is 1.96. The lowest BCUT2D eigenvalue weighted by molar-refractivity contribution is 0.0685. The minimum Gasteiger partial charge on any atom is -0.344 e. The summed E-state index contributed by atoms with van der Waals surface area (Å²) >= 11 is 3.54. The van der Waals surface area contributed by atoms with Gasteiger partial charge < -0.3 is 9.47 Å². The van der Waals surface area contributed by atoms with Crippen molar-refractivity contribution in [3.63, 3.8) is 0 Å². The molecule has 0 aliphatic carbocycles. The summed E-state index contributed by atoms with van der Waals surface area (Å²) in [7, 11) is 0. The van der Waals surface area contributed by atoms with Crippen molar-refractivity contribution in [3.05, 3.63) is 34.4 Å². The molecule has 0 N–H and O–H groups in total. The Hall–Kier alpha value is -1.29. The molecule has 1 aromatic carbocycles. The Morgan fingerprint density at radius 3 is 2.82 bits per heavy atom. The van der Waals surface area contributed by atoms with Crippen LogP contribution in [0.15, 0.2) is 28.9 Å². The average molecular weight is 363 g/mol. The van der Waals surface area contributed by atoms with E-state index in [9.17, 15) is 4.79 Å². The Bertz CT molecular complexity index is 704. The number of carbonyl (C=O) groups excluding carboxylic acids is 1. The smallest absolute Gasteiger partial charge is 0.256 e. The maximum Gasteiger partial charge on any atom is 0.256 e. The summed E-state index contributed by atoms with van der Waals surface area (Å²) in [5.74, 6) is 0.781. The van der Waals surface area contributed by atoms with Crippen LogP contribution in [-0.2, 0) is 0 Å². The van der Waals surface area contributed by atoms with Gasteiger partial charge in [0.05, 0.1) is 11.1 Å². The van der Waals surface area contributed by atoms with Crippen LogP contribution < -0.4 is 0 Å². The summed E-state index contributed by atoms with van der Waals surface area (Å²) in [5, 5.41) is 1.06. The van der Waals surface area contributed by atoms with Crippen LogP contribution in [0.25, 0.3) is 10.9 Å². The number of halogens is 1. The Morgan fingerprint density at radius 2 is 2.14 bits per heavy atom. The lowest BCUT2D eigenvalue weighted by Crippen LogP contribution is -2.39. The van der Waals surface area contributed by atoms with Gasteiger partial charge in [0.15, 0.2) is 0 Å². The first-order valence-electron chi connectivity index (χ1n) is 8.06. The molecular weight excluding hydrogens is 340 g/mol. The molecular formula is C18H23BrN2O. The Balaban J connectivity index is 2.05. The number of rotatable bonds is 2. The van der Waals surface area contributed by atoms with Gasteiger partial charge in [-0.2, -0.15) is 0 Å². The van der Waals surface area contributed by atoms with Crippen molar-refractivity contribution < 1.29 is 4.79 Å². The van der Waals surface area contributed by atoms with E-state index in [1.165, 1.54) is 6.42 Å². The van der Waals surface area contributed by atoms with Gasteiger partial charge >= 0.3 is 0 Å². The maximum absolute atomic E-state index is 13.0. The largest absolute Gasteiger partial charge is 0.344 e. The molecule has 0 bridgehead atoms. The van der Waals surface area contributed by atoms with Crippen LogP contribution in [0.4, 0.5) is 0 Å². The second-order valence-corrected chi connectivity index (χ2v) is 7.62. The standard InChI is InChI=1S/C18H23BrN2O/c1-12(2)21-11-16(15-7-6-14(19)9-17(15)21)18(22)20-8-4-5-13(3)10-20/h6-7,9,11-13H,4-5,8,10H2,1-3H3. The first-order chi connectivity index (χ1) is 10.5. The molecule has 1 saturated heterocycles. The lowest BCUT2D eigenvalue weighted by Gasteiger charge is -2.30. The molecule has 1 unspecified atom stereocenters. The van der Waals surface area contributed by atoms with Crippen LogP contribution >= 0.6 is 15.9 Å². The van der Waals surface area contributed by atoms with E-state index in [0.717, 1.165) is 40.4 Å². The zero-order valence-corrected chi connectivity index (χ0v) is 15.1. The predicted octanol–water partition coefficient (Wildman–Crippen LogP) is 4.86. The van der Waals surface area contributed by atoms with E-state index in [1.54, 1.807) is 0 Å². The van der Waals surface area contributed by atoms with Crippen molar-refractivity contribution in [2.24, 2.45) is 5.92 Å². The number of fused-ring (bicyclic) bond motifs is 1. The van der Waals surface area contributed by atoms with E-state index >= 15 is 0 Å². The van der Waals surface area contributed by atoms with E-state index in [0.29, 0.717) is 12.0 Å². The van der Waals surface area contributed by atoms with Crippen LogP contribution in [0.5, 0.6) is 0 Å². The number of likely N-dealkylation sites (tertiary alicyclic amines) is 1. The fourth-order valence-corrected chi connectivity index (χ4v) is 3.72. The van der Waals surface area contributed by atoms with Crippen molar-refractivity contribution in [2.45, 2.75) is 39.7 Å². The lowest BCUT2D eigenvalue weighted by atomic mass is 9.99. The minimum atomic E-state index is 0.179. The molecule has 1 fully saturated rings. The van der Waals surface area contributed by atoms with Crippen molar-refractivity contribution in [2.75, 3.05) is 13.1 Å². The number of nitrogens with zero attached hydrogens (tertiary/aromatic N) is 2. The van der Waals surface area contributed by atoms with Crippen molar-refractivity contribution in [1.82, 2.24) is 9.47 Å². The Morgan fingerprint density at radius 1 is 1.36 bits per heavy atom. The van der Waals surface area contributed by atoms with Crippen LogP contribution in [0.1, 0.15) is 50.0 Å². The highest BCUT2D eigenvalue weighted by Crippen LogP contribution is 2.29. The maximum atomic E-state index is 13.0. The summed E-state index contributed by atoms with van der Waals surface area (Å²) < 4.78 is 3.24. The van der Waals surface area contributed by atoms with E-state index in [1.807, 2.05) is 17.2 Å². The van der Waals surface area contributed by atoms with Gasteiger partial charge in [0.1, 0.15) is 0 Å². The second-order valence-electron chi connectivity index (χ2n) is 6.70. The van der Waals surface area contributed by atoms with Gasteiger partial charge in [0, 0.05) is 35.2 Å². The van der Waals surface area contributed by atoms with E-state index in [4.69, 9.17) is 0 Å². The van der Waals surface area contributed by atoms with Crippen molar-refractivity contribution >= 4 is 32.7 Å². The summed E-state index contributed by atoms with van der Waals surface area (Å²) in [6, 6.07) is 6.51. The average Bonchev–Trinajstić information content (AvgIpc) is 2.85. The van der Waals surface area contributed by atoms with Gasteiger partial charge in [0.2, 0.25) is 0 Å². The molecule has 0 radical (unpaired) electrons. The van der Waals surface area contributed by atoms with Crippen LogP contribution in [0.3, 0.4) is 0 Å². The van der Waals surface area contributed by atoms with Gasteiger partial charge in [-0.1, -0.05) is 28.9 Å². The van der Waals surface area contributed by atoms with Gasteiger partial charge in [-0.3, -0.25) is 4.79 Å².